The first kappa shape index (κ1) is 110. The van der Waals surface area contributed by atoms with E-state index in [9.17, 15) is 34.8 Å². The van der Waals surface area contributed by atoms with Crippen molar-refractivity contribution < 1.29 is 83.9 Å². The van der Waals surface area contributed by atoms with Gasteiger partial charge in [0.2, 0.25) is 0 Å². The highest BCUT2D eigenvalue weighted by Crippen LogP contribution is 2.54. The quantitative estimate of drug-likeness (QED) is 0.0138. The number of unbranched alkanes of at least 4 members (excludes halogenated alkanes) is 10. The Morgan fingerprint density at radius 2 is 0.927 bits per heavy atom. The molecule has 5 aromatic carbocycles. The number of carbonyl (C=O) groups is 3. The number of benzene rings is 5. The summed E-state index contributed by atoms with van der Waals surface area (Å²) in [6, 6.07) is 21.3. The van der Waals surface area contributed by atoms with Gasteiger partial charge in [-0.3, -0.25) is 14.4 Å². The van der Waals surface area contributed by atoms with Crippen molar-refractivity contribution in [3.8, 4) is 57.5 Å². The number of aliphatic carboxylic acids is 1. The molecule has 0 unspecified atom stereocenters. The SMILES string of the molecule is C=C(C)CCCC(=O)O.C=C(C)CCCC(=O)O[C@@H](C)/C=C/c1c(OC)cc(CCCCC)cc1OC.C=C(C)CC[C@@H](C(=O)OC)[C@@H](/C=C/C)c1c(OC)cc(CCCCC)cc1OC.CCCCCc1cc(O)c2c(c1)OC(C)(C)[C@@H]1CCC(C)=C[C@@H]21.CCCCCc1cc(O)cc(O)c1.CCCCCc1cc(OC)c(/C=C/[C@H](C)O)c(OC)c1.[3H]C. The number of rotatable bonds is 46. The molecule has 1 aliphatic carbocycles. The zero-order chi connectivity index (χ0) is 93.3. The summed E-state index contributed by atoms with van der Waals surface area (Å²) in [5.74, 6) is 5.24. The van der Waals surface area contributed by atoms with Gasteiger partial charge in [0.15, 0.2) is 0 Å². The number of hydrogen-bond donors (Lipinski definition) is 5. The Bertz CT molecular complexity index is 3950. The van der Waals surface area contributed by atoms with Crippen LogP contribution < -0.4 is 33.2 Å². The van der Waals surface area contributed by atoms with E-state index in [1.165, 1.54) is 125 Å². The maximum atomic E-state index is 12.7. The van der Waals surface area contributed by atoms with Crippen LogP contribution in [0.2, 0.25) is 0 Å². The Balaban J connectivity index is 0.000000764. The lowest BCUT2D eigenvalue weighted by atomic mass is 9.68. The van der Waals surface area contributed by atoms with Gasteiger partial charge in [-0.05, 0) is 285 Å². The fourth-order valence-electron chi connectivity index (χ4n) is 15.0. The number of carbonyl (C=O) groups excluding carboxylic acids is 2. The van der Waals surface area contributed by atoms with Gasteiger partial charge in [-0.2, -0.15) is 0 Å². The second-order valence-electron chi connectivity index (χ2n) is 33.1. The lowest BCUT2D eigenvalue weighted by Gasteiger charge is -2.46. The number of aliphatic hydroxyl groups is 1. The van der Waals surface area contributed by atoms with Crippen LogP contribution in [-0.2, 0) is 56.0 Å². The van der Waals surface area contributed by atoms with Crippen LogP contribution in [0.5, 0.6) is 57.5 Å². The molecule has 0 radical (unpaired) electrons. The molecule has 1 aliphatic heterocycles. The number of fused-ring (bicyclic) bond motifs is 3. The van der Waals surface area contributed by atoms with Crippen molar-refractivity contribution in [3.63, 3.8) is 0 Å². The van der Waals surface area contributed by atoms with Crippen LogP contribution in [0.1, 0.15) is 328 Å². The standard InChI is InChI=1S/C25H38O4.C24H36O4.C21H30O2.C17H26O3.C11H16O2.C7H12O2.CH4/c1-8-10-11-13-19-16-22(27-5)24(23(17-19)28-6)20(12-9-2)21(25(26)29-7)15-14-18(3)4;1-7-8-9-12-20-16-22(26-5)21(23(17-20)27-6)15-14-19(4)28-24(25)13-10-11-18(2)3;1-5-6-7-8-15-12-18(22)20-16-11-14(2)9-10-17(16)21(3,4)23-19(20)13-15;1-5-6-7-8-14-11-16(19-3)15(10-9-13(2)18)17(12-14)20-4;1-2-3-4-5-9-6-10(12)8-11(13)7-9;1-6(2)4-3-5-7(8)9;/h9,12,16-17,20-21H,3,8,10-11,13-15H2,1-2,4-7H3;14-17,19H,2,7-13H2,1,3-6H3;11-13,16-17,22H,5-10H2,1-4H3;9-13,18H,5-8H2,1-4H3;6-8,12-13H,2-5H2,1H3;1,3-5H2,2H3,(H,8,9);1H4/b12-9+;15-14+;;10-9+;;;/t20-,21-;19-;16-,17-;13-;;;/m1010.../s1/i;;;;;;1T. The van der Waals surface area contributed by atoms with Gasteiger partial charge in [-0.1, -0.05) is 153 Å². The molecule has 5 aromatic rings. The first-order valence-electron chi connectivity index (χ1n) is 45.8. The van der Waals surface area contributed by atoms with Crippen LogP contribution in [0.3, 0.4) is 0 Å². The van der Waals surface area contributed by atoms with Gasteiger partial charge in [0.25, 0.3) is 0 Å². The Hall–Kier alpha value is -9.35. The molecule has 17 heteroatoms. The van der Waals surface area contributed by atoms with Gasteiger partial charge in [-0.25, -0.2) is 0 Å². The molecule has 0 amide bonds. The highest BCUT2D eigenvalue weighted by Gasteiger charge is 2.45. The van der Waals surface area contributed by atoms with Crippen LogP contribution in [0.4, 0.5) is 0 Å². The Morgan fingerprint density at radius 3 is 1.30 bits per heavy atom. The highest BCUT2D eigenvalue weighted by atomic mass is 16.5. The van der Waals surface area contributed by atoms with Gasteiger partial charge < -0.3 is 68.2 Å². The molecule has 1 heterocycles. The number of ether oxygens (including phenoxy) is 9. The monoisotopic (exact) mass is 1710 g/mol. The average Bonchev–Trinajstić information content (AvgIpc) is 0.743. The number of phenols is 3. The summed E-state index contributed by atoms with van der Waals surface area (Å²) in [7, 11) is 12.7. The maximum absolute atomic E-state index is 12.7. The molecule has 0 bridgehead atoms. The Morgan fingerprint density at radius 1 is 0.537 bits per heavy atom. The molecule has 7 rings (SSSR count). The molecule has 0 aromatic heterocycles. The van der Waals surface area contributed by atoms with Crippen molar-refractivity contribution in [2.24, 2.45) is 11.8 Å². The third-order valence-electron chi connectivity index (χ3n) is 21.6. The molecule has 2 aliphatic rings. The van der Waals surface area contributed by atoms with E-state index in [-0.39, 0.29) is 59.3 Å². The summed E-state index contributed by atoms with van der Waals surface area (Å²) in [5, 5.41) is 46.6. The number of aryl methyl sites for hydroxylation is 5. The van der Waals surface area contributed by atoms with Crippen molar-refractivity contribution >= 4 is 30.1 Å². The molecule has 0 fully saturated rings. The van der Waals surface area contributed by atoms with Crippen LogP contribution in [0, 0.1) is 11.8 Å². The first-order valence-corrected chi connectivity index (χ1v) is 44.8. The summed E-state index contributed by atoms with van der Waals surface area (Å²) in [4.78, 5) is 34.6. The van der Waals surface area contributed by atoms with Gasteiger partial charge in [0.05, 0.1) is 72.9 Å². The molecule has 5 N–H and O–H groups in total. The van der Waals surface area contributed by atoms with E-state index in [1.54, 1.807) is 67.8 Å². The summed E-state index contributed by atoms with van der Waals surface area (Å²) >= 11 is 0. The third kappa shape index (κ3) is 42.7. The number of carboxylic acid groups (broad SMARTS) is 1. The molecule has 688 valence electrons. The minimum absolute atomic E-state index is 0.145. The summed E-state index contributed by atoms with van der Waals surface area (Å²) in [6.45, 7) is 40.4. The lowest BCUT2D eigenvalue weighted by Crippen LogP contribution is -2.45. The summed E-state index contributed by atoms with van der Waals surface area (Å²) in [6.07, 6.45) is 43.1. The average molecular weight is 1710 g/mol. The van der Waals surface area contributed by atoms with Crippen LogP contribution in [0.15, 0.2) is 139 Å². The number of aliphatic hydroxyl groups excluding tert-OH is 1. The zero-order valence-electron chi connectivity index (χ0n) is 80.8. The second kappa shape index (κ2) is 62.7. The topological polar surface area (TPSA) is 235 Å². The fraction of sp³-hybridized carbons (Fsp3) is 0.557. The van der Waals surface area contributed by atoms with E-state index >= 15 is 0 Å². The molecule has 6 atom stereocenters. The molecule has 123 heavy (non-hydrogen) atoms. The summed E-state index contributed by atoms with van der Waals surface area (Å²) in [5.41, 5.74) is 13.9. The first-order chi connectivity index (χ1) is 59.2. The van der Waals surface area contributed by atoms with E-state index < -0.39 is 12.1 Å². The fourth-order valence-corrected chi connectivity index (χ4v) is 15.0. The minimum Gasteiger partial charge on any atom is -0.508 e. The van der Waals surface area contributed by atoms with Gasteiger partial charge >= 0.3 is 17.9 Å². The zero-order valence-corrected chi connectivity index (χ0v) is 79.8. The Kier molecular flexibility index (Phi) is 55.9. The lowest BCUT2D eigenvalue weighted by molar-refractivity contribution is -0.147. The maximum Gasteiger partial charge on any atom is 0.309 e. The van der Waals surface area contributed by atoms with Gasteiger partial charge in [0, 0.05) is 49.2 Å². The predicted octanol–water partition coefficient (Wildman–Crippen LogP) is 27.2. The van der Waals surface area contributed by atoms with E-state index in [0.29, 0.717) is 30.9 Å². The highest BCUT2D eigenvalue weighted by molar-refractivity contribution is 5.75. The number of methoxy groups -OCH3 is 7. The Labute approximate surface area is 744 Å². The van der Waals surface area contributed by atoms with E-state index in [0.717, 1.165) is 175 Å². The molecule has 17 nitrogen and oxygen atoms in total. The molecular weight excluding hydrogens is 1550 g/mol. The molecule has 0 saturated heterocycles. The smallest absolute Gasteiger partial charge is 0.309 e. The number of esters is 2. The molecule has 0 saturated carbocycles. The van der Waals surface area contributed by atoms with Gasteiger partial charge in [0.1, 0.15) is 69.2 Å². The normalized spacial score (nSPS) is 14.4. The van der Waals surface area contributed by atoms with Gasteiger partial charge in [-0.15, -0.1) is 19.7 Å². The predicted molar refractivity (Wildman–Crippen MR) is 511 cm³/mol. The van der Waals surface area contributed by atoms with Crippen LogP contribution in [-0.4, -0.2) is 111 Å². The second-order valence-corrected chi connectivity index (χ2v) is 33.1. The molecule has 0 spiro atoms. The van der Waals surface area contributed by atoms with Crippen molar-refractivity contribution in [2.75, 3.05) is 49.8 Å². The largest absolute Gasteiger partial charge is 0.508 e. The van der Waals surface area contributed by atoms with Crippen molar-refractivity contribution in [1.82, 2.24) is 0 Å². The minimum atomic E-state index is -0.726. The van der Waals surface area contributed by atoms with Crippen molar-refractivity contribution in [3.05, 3.63) is 189 Å². The number of carboxylic acids is 1. The third-order valence-corrected chi connectivity index (χ3v) is 21.6. The number of phenolic OH excluding ortho intramolecular Hbond substituents is 3. The van der Waals surface area contributed by atoms with Crippen LogP contribution in [0.25, 0.3) is 12.2 Å². The van der Waals surface area contributed by atoms with E-state index in [1.807, 2.05) is 71.1 Å². The van der Waals surface area contributed by atoms with Crippen molar-refractivity contribution in [2.45, 2.75) is 327 Å². The molecular formula is C106H162O17. The number of aromatic hydroxyl groups is 3. The van der Waals surface area contributed by atoms with Crippen molar-refractivity contribution in [1.29, 1.82) is 0 Å². The van der Waals surface area contributed by atoms with E-state index in [4.69, 9.17) is 49.1 Å². The number of hydrogen-bond acceptors (Lipinski definition) is 16. The number of allylic oxidation sites excluding steroid dienone is 7. The van der Waals surface area contributed by atoms with Crippen LogP contribution >= 0.6 is 0 Å². The van der Waals surface area contributed by atoms with E-state index in [2.05, 4.69) is 124 Å². The summed E-state index contributed by atoms with van der Waals surface area (Å²) < 4.78 is 56.3.